The van der Waals surface area contributed by atoms with E-state index in [4.69, 9.17) is 14.2 Å². The normalized spacial score (nSPS) is 11.2. The van der Waals surface area contributed by atoms with E-state index in [-0.39, 0.29) is 17.1 Å². The SMILES string of the molecule is COc1ccc(-n2c(SCC(=O)Nc3ccc(OC)c(OC)c3)nnc2-c2ccc(C(C)(C)C)cc2)cc1. The molecule has 4 rings (SSSR count). The van der Waals surface area contributed by atoms with Crippen LogP contribution in [-0.4, -0.2) is 47.8 Å². The van der Waals surface area contributed by atoms with E-state index >= 15 is 0 Å². The van der Waals surface area contributed by atoms with Crippen LogP contribution in [0, 0.1) is 0 Å². The molecule has 1 heterocycles. The van der Waals surface area contributed by atoms with Gasteiger partial charge in [-0.25, -0.2) is 0 Å². The lowest BCUT2D eigenvalue weighted by molar-refractivity contribution is -0.113. The molecule has 0 bridgehead atoms. The molecule has 0 unspecified atom stereocenters. The molecule has 0 aliphatic rings. The summed E-state index contributed by atoms with van der Waals surface area (Å²) in [6, 6.07) is 21.3. The van der Waals surface area contributed by atoms with Crippen molar-refractivity contribution < 1.29 is 19.0 Å². The smallest absolute Gasteiger partial charge is 0.234 e. The van der Waals surface area contributed by atoms with Crippen LogP contribution in [0.15, 0.2) is 71.9 Å². The second-order valence-corrected chi connectivity index (χ2v) is 10.5. The van der Waals surface area contributed by atoms with Crippen LogP contribution in [0.3, 0.4) is 0 Å². The van der Waals surface area contributed by atoms with Crippen LogP contribution in [-0.2, 0) is 10.2 Å². The number of methoxy groups -OCH3 is 3. The number of aromatic nitrogens is 3. The molecule has 198 valence electrons. The van der Waals surface area contributed by atoms with Gasteiger partial charge in [0.15, 0.2) is 22.5 Å². The van der Waals surface area contributed by atoms with E-state index in [2.05, 4.69) is 60.6 Å². The predicted octanol–water partition coefficient (Wildman–Crippen LogP) is 5.99. The fourth-order valence-corrected chi connectivity index (χ4v) is 4.63. The summed E-state index contributed by atoms with van der Waals surface area (Å²) in [4.78, 5) is 12.8. The Morgan fingerprint density at radius 2 is 1.55 bits per heavy atom. The van der Waals surface area contributed by atoms with Gasteiger partial charge in [-0.2, -0.15) is 0 Å². The van der Waals surface area contributed by atoms with Gasteiger partial charge in [-0.3, -0.25) is 9.36 Å². The van der Waals surface area contributed by atoms with Gasteiger partial charge in [0.05, 0.1) is 27.1 Å². The Morgan fingerprint density at radius 1 is 0.868 bits per heavy atom. The molecule has 0 saturated heterocycles. The van der Waals surface area contributed by atoms with Crippen molar-refractivity contribution in [2.75, 3.05) is 32.4 Å². The number of carbonyl (C=O) groups is 1. The van der Waals surface area contributed by atoms with Gasteiger partial charge < -0.3 is 19.5 Å². The molecule has 9 heteroatoms. The molecule has 0 aliphatic carbocycles. The fraction of sp³-hybridized carbons (Fsp3) is 0.276. The van der Waals surface area contributed by atoms with Crippen molar-refractivity contribution in [3.8, 4) is 34.3 Å². The first-order chi connectivity index (χ1) is 18.2. The second-order valence-electron chi connectivity index (χ2n) is 9.57. The Hall–Kier alpha value is -3.98. The number of ether oxygens (including phenoxy) is 3. The Kier molecular flexibility index (Phi) is 8.26. The number of hydrogen-bond acceptors (Lipinski definition) is 7. The molecule has 0 fully saturated rings. The average molecular weight is 533 g/mol. The first kappa shape index (κ1) is 27.1. The first-order valence-electron chi connectivity index (χ1n) is 12.1. The van der Waals surface area contributed by atoms with Gasteiger partial charge in [-0.1, -0.05) is 56.8 Å². The average Bonchev–Trinajstić information content (AvgIpc) is 3.35. The van der Waals surface area contributed by atoms with Crippen molar-refractivity contribution in [2.45, 2.75) is 31.3 Å². The number of carbonyl (C=O) groups excluding carboxylic acids is 1. The summed E-state index contributed by atoms with van der Waals surface area (Å²) >= 11 is 1.31. The molecule has 0 saturated carbocycles. The van der Waals surface area contributed by atoms with Crippen molar-refractivity contribution >= 4 is 23.4 Å². The number of anilines is 1. The van der Waals surface area contributed by atoms with E-state index in [1.54, 1.807) is 39.5 Å². The van der Waals surface area contributed by atoms with E-state index in [9.17, 15) is 4.79 Å². The quantitative estimate of drug-likeness (QED) is 0.265. The Labute approximate surface area is 227 Å². The third kappa shape index (κ3) is 6.11. The standard InChI is InChI=1S/C29H32N4O4S/c1-29(2,3)20-9-7-19(8-10-20)27-31-32-28(33(27)22-12-14-23(35-4)15-13-22)38-18-26(34)30-21-11-16-24(36-5)25(17-21)37-6/h7-17H,18H2,1-6H3,(H,30,34). The van der Waals surface area contributed by atoms with E-state index < -0.39 is 0 Å². The predicted molar refractivity (Wildman–Crippen MR) is 151 cm³/mol. The largest absolute Gasteiger partial charge is 0.497 e. The zero-order valence-electron chi connectivity index (χ0n) is 22.4. The van der Waals surface area contributed by atoms with Crippen molar-refractivity contribution in [1.82, 2.24) is 14.8 Å². The first-order valence-corrected chi connectivity index (χ1v) is 13.1. The highest BCUT2D eigenvalue weighted by molar-refractivity contribution is 7.99. The summed E-state index contributed by atoms with van der Waals surface area (Å²) in [6.07, 6.45) is 0. The van der Waals surface area contributed by atoms with Gasteiger partial charge in [0.25, 0.3) is 0 Å². The topological polar surface area (TPSA) is 87.5 Å². The maximum atomic E-state index is 12.8. The lowest BCUT2D eigenvalue weighted by atomic mass is 9.87. The van der Waals surface area contributed by atoms with Crippen LogP contribution in [0.1, 0.15) is 26.3 Å². The molecule has 0 aliphatic heterocycles. The van der Waals surface area contributed by atoms with Crippen LogP contribution >= 0.6 is 11.8 Å². The number of thioether (sulfide) groups is 1. The molecule has 1 aromatic heterocycles. The van der Waals surface area contributed by atoms with Crippen molar-refractivity contribution in [3.63, 3.8) is 0 Å². The summed E-state index contributed by atoms with van der Waals surface area (Å²) in [5.74, 6) is 2.54. The summed E-state index contributed by atoms with van der Waals surface area (Å²) in [6.45, 7) is 6.55. The Balaban J connectivity index is 1.59. The summed E-state index contributed by atoms with van der Waals surface area (Å²) in [7, 11) is 4.76. The third-order valence-corrected chi connectivity index (χ3v) is 6.90. The molecule has 1 amide bonds. The van der Waals surface area contributed by atoms with Gasteiger partial charge in [0.1, 0.15) is 5.75 Å². The molecular formula is C29H32N4O4S. The highest BCUT2D eigenvalue weighted by Crippen LogP contribution is 2.32. The number of amides is 1. The number of benzene rings is 3. The minimum atomic E-state index is -0.178. The maximum Gasteiger partial charge on any atom is 0.234 e. The van der Waals surface area contributed by atoms with Crippen LogP contribution < -0.4 is 19.5 Å². The van der Waals surface area contributed by atoms with E-state index in [0.29, 0.717) is 28.2 Å². The zero-order chi connectivity index (χ0) is 27.3. The molecule has 3 aromatic carbocycles. The summed E-state index contributed by atoms with van der Waals surface area (Å²) in [5.41, 5.74) is 3.70. The minimum absolute atomic E-state index is 0.0461. The molecule has 0 atom stereocenters. The van der Waals surface area contributed by atoms with Crippen molar-refractivity contribution in [2.24, 2.45) is 0 Å². The third-order valence-electron chi connectivity index (χ3n) is 5.97. The highest BCUT2D eigenvalue weighted by atomic mass is 32.2. The van der Waals surface area contributed by atoms with Crippen LogP contribution in [0.25, 0.3) is 17.1 Å². The molecule has 0 radical (unpaired) electrons. The maximum absolute atomic E-state index is 12.8. The number of nitrogens with zero attached hydrogens (tertiary/aromatic N) is 3. The molecule has 8 nitrogen and oxygen atoms in total. The molecule has 4 aromatic rings. The molecule has 38 heavy (non-hydrogen) atoms. The van der Waals surface area contributed by atoms with E-state index in [1.807, 2.05) is 28.8 Å². The number of hydrogen-bond donors (Lipinski definition) is 1. The van der Waals surface area contributed by atoms with Crippen LogP contribution in [0.5, 0.6) is 17.2 Å². The molecule has 0 spiro atoms. The highest BCUT2D eigenvalue weighted by Gasteiger charge is 2.19. The lowest BCUT2D eigenvalue weighted by Crippen LogP contribution is -2.14. The fourth-order valence-electron chi connectivity index (χ4n) is 3.87. The van der Waals surface area contributed by atoms with Crippen molar-refractivity contribution in [3.05, 3.63) is 72.3 Å². The number of rotatable bonds is 9. The lowest BCUT2D eigenvalue weighted by Gasteiger charge is -2.19. The van der Waals surface area contributed by atoms with Gasteiger partial charge in [0.2, 0.25) is 5.91 Å². The monoisotopic (exact) mass is 532 g/mol. The Bertz CT molecular complexity index is 1390. The molecular weight excluding hydrogens is 500 g/mol. The zero-order valence-corrected chi connectivity index (χ0v) is 23.3. The minimum Gasteiger partial charge on any atom is -0.497 e. The molecule has 1 N–H and O–H groups in total. The Morgan fingerprint density at radius 3 is 2.16 bits per heavy atom. The van der Waals surface area contributed by atoms with Crippen LogP contribution in [0.2, 0.25) is 0 Å². The summed E-state index contributed by atoms with van der Waals surface area (Å²) in [5, 5.41) is 12.4. The number of nitrogens with one attached hydrogen (secondary N) is 1. The summed E-state index contributed by atoms with van der Waals surface area (Å²) < 4.78 is 17.9. The van der Waals surface area contributed by atoms with E-state index in [0.717, 1.165) is 17.0 Å². The van der Waals surface area contributed by atoms with Crippen LogP contribution in [0.4, 0.5) is 5.69 Å². The van der Waals surface area contributed by atoms with Crippen molar-refractivity contribution in [1.29, 1.82) is 0 Å². The van der Waals surface area contributed by atoms with Gasteiger partial charge in [-0.15, -0.1) is 10.2 Å². The second kappa shape index (κ2) is 11.6. The van der Waals surface area contributed by atoms with Gasteiger partial charge in [0, 0.05) is 23.0 Å². The van der Waals surface area contributed by atoms with E-state index in [1.165, 1.54) is 17.3 Å². The van der Waals surface area contributed by atoms with Gasteiger partial charge in [-0.05, 0) is 47.4 Å². The van der Waals surface area contributed by atoms with Gasteiger partial charge >= 0.3 is 0 Å².